The lowest BCUT2D eigenvalue weighted by Crippen LogP contribution is -2.17. The number of anilines is 1. The molecular formula is C13H18N2O4. The van der Waals surface area contributed by atoms with Gasteiger partial charge in [0.25, 0.3) is 0 Å². The topological polar surface area (TPSA) is 77.5 Å². The van der Waals surface area contributed by atoms with Crippen LogP contribution in [0.25, 0.3) is 0 Å². The highest BCUT2D eigenvalue weighted by Crippen LogP contribution is 2.09. The number of rotatable bonds is 5. The second-order valence-corrected chi connectivity index (χ2v) is 4.27. The van der Waals surface area contributed by atoms with Crippen LogP contribution in [-0.2, 0) is 9.47 Å². The van der Waals surface area contributed by atoms with Crippen molar-refractivity contribution in [3.05, 3.63) is 23.9 Å². The van der Waals surface area contributed by atoms with Gasteiger partial charge in [-0.05, 0) is 25.0 Å². The van der Waals surface area contributed by atoms with Gasteiger partial charge in [0.05, 0.1) is 18.8 Å². The highest BCUT2D eigenvalue weighted by atomic mass is 16.5. The summed E-state index contributed by atoms with van der Waals surface area (Å²) >= 11 is 0. The quantitative estimate of drug-likeness (QED) is 0.828. The van der Waals surface area contributed by atoms with Gasteiger partial charge in [0.2, 0.25) is 0 Å². The summed E-state index contributed by atoms with van der Waals surface area (Å²) in [4.78, 5) is 26.9. The molecule has 0 bridgehead atoms. The predicted molar refractivity (Wildman–Crippen MR) is 70.0 cm³/mol. The summed E-state index contributed by atoms with van der Waals surface area (Å²) in [6.45, 7) is 6.21. The van der Waals surface area contributed by atoms with E-state index in [-0.39, 0.29) is 11.7 Å². The van der Waals surface area contributed by atoms with Crippen LogP contribution < -0.4 is 5.32 Å². The fourth-order valence-corrected chi connectivity index (χ4v) is 1.22. The van der Waals surface area contributed by atoms with Crippen LogP contribution in [0.2, 0.25) is 0 Å². The third kappa shape index (κ3) is 5.37. The lowest BCUT2D eigenvalue weighted by molar-refractivity contribution is 0.0526. The minimum atomic E-state index is -0.595. The highest BCUT2D eigenvalue weighted by Gasteiger charge is 2.10. The Kier molecular flexibility index (Phi) is 5.78. The summed E-state index contributed by atoms with van der Waals surface area (Å²) < 4.78 is 9.81. The van der Waals surface area contributed by atoms with E-state index in [4.69, 9.17) is 9.47 Å². The predicted octanol–water partition coefficient (Wildman–Crippen LogP) is 2.46. The molecule has 0 aliphatic rings. The number of nitrogens with zero attached hydrogens (tertiary/aromatic N) is 1. The Balaban J connectivity index is 2.61. The molecule has 0 atom stereocenters. The highest BCUT2D eigenvalue weighted by molar-refractivity contribution is 5.91. The number of amides is 1. The Morgan fingerprint density at radius 3 is 2.74 bits per heavy atom. The monoisotopic (exact) mass is 266 g/mol. The first-order valence-electron chi connectivity index (χ1n) is 6.10. The van der Waals surface area contributed by atoms with Crippen molar-refractivity contribution in [1.82, 2.24) is 4.98 Å². The molecule has 0 aliphatic heterocycles. The zero-order valence-electron chi connectivity index (χ0n) is 11.3. The molecule has 0 aliphatic carbocycles. The number of carbonyl (C=O) groups is 2. The lowest BCUT2D eigenvalue weighted by Gasteiger charge is -2.08. The summed E-state index contributed by atoms with van der Waals surface area (Å²) in [6.07, 6.45) is 0.826. The molecule has 6 heteroatoms. The molecule has 0 spiro atoms. The lowest BCUT2D eigenvalue weighted by atomic mass is 10.2. The molecule has 104 valence electrons. The molecule has 6 nitrogen and oxygen atoms in total. The average Bonchev–Trinajstić information content (AvgIpc) is 2.37. The van der Waals surface area contributed by atoms with E-state index in [1.807, 2.05) is 13.8 Å². The maximum absolute atomic E-state index is 11.5. The number of hydrogen-bond donors (Lipinski definition) is 1. The van der Waals surface area contributed by atoms with E-state index < -0.39 is 12.1 Å². The molecule has 1 rings (SSSR count). The van der Waals surface area contributed by atoms with E-state index in [9.17, 15) is 9.59 Å². The summed E-state index contributed by atoms with van der Waals surface area (Å²) in [5, 5.41) is 2.45. The molecule has 1 aromatic heterocycles. The molecule has 0 radical (unpaired) electrons. The number of aromatic nitrogens is 1. The second kappa shape index (κ2) is 7.35. The third-order valence-electron chi connectivity index (χ3n) is 2.05. The Morgan fingerprint density at radius 2 is 2.11 bits per heavy atom. The van der Waals surface area contributed by atoms with Gasteiger partial charge in [0, 0.05) is 6.20 Å². The molecule has 0 unspecified atom stereocenters. The fraction of sp³-hybridized carbons (Fsp3) is 0.462. The largest absolute Gasteiger partial charge is 0.462 e. The number of esters is 1. The van der Waals surface area contributed by atoms with Crippen molar-refractivity contribution in [3.63, 3.8) is 0 Å². The first-order chi connectivity index (χ1) is 9.02. The van der Waals surface area contributed by atoms with Gasteiger partial charge in [0.15, 0.2) is 0 Å². The zero-order chi connectivity index (χ0) is 14.3. The van der Waals surface area contributed by atoms with Gasteiger partial charge in [-0.1, -0.05) is 13.8 Å². The van der Waals surface area contributed by atoms with Crippen molar-refractivity contribution in [3.8, 4) is 0 Å². The van der Waals surface area contributed by atoms with E-state index in [2.05, 4.69) is 10.3 Å². The van der Waals surface area contributed by atoms with Crippen molar-refractivity contribution in [1.29, 1.82) is 0 Å². The van der Waals surface area contributed by atoms with Crippen LogP contribution in [0.4, 0.5) is 10.6 Å². The summed E-state index contributed by atoms with van der Waals surface area (Å²) in [5.41, 5.74) is 0.330. The SMILES string of the molecule is CCOC(=O)c1ccnc(NC(=O)OCC(C)C)c1. The van der Waals surface area contributed by atoms with Crippen LogP contribution in [-0.4, -0.2) is 30.3 Å². The molecule has 0 fully saturated rings. The number of ether oxygens (including phenoxy) is 2. The van der Waals surface area contributed by atoms with Crippen LogP contribution >= 0.6 is 0 Å². The Morgan fingerprint density at radius 1 is 1.37 bits per heavy atom. The summed E-state index contributed by atoms with van der Waals surface area (Å²) in [7, 11) is 0. The maximum Gasteiger partial charge on any atom is 0.412 e. The van der Waals surface area contributed by atoms with Gasteiger partial charge in [-0.15, -0.1) is 0 Å². The van der Waals surface area contributed by atoms with Crippen molar-refractivity contribution in [2.75, 3.05) is 18.5 Å². The minimum absolute atomic E-state index is 0.249. The Labute approximate surface area is 112 Å². The smallest absolute Gasteiger partial charge is 0.412 e. The van der Waals surface area contributed by atoms with Gasteiger partial charge in [-0.3, -0.25) is 5.32 Å². The van der Waals surface area contributed by atoms with Gasteiger partial charge >= 0.3 is 12.1 Å². The molecule has 1 amide bonds. The van der Waals surface area contributed by atoms with E-state index in [1.165, 1.54) is 18.3 Å². The van der Waals surface area contributed by atoms with E-state index in [0.717, 1.165) is 0 Å². The van der Waals surface area contributed by atoms with Gasteiger partial charge in [0.1, 0.15) is 5.82 Å². The standard InChI is InChI=1S/C13H18N2O4/c1-4-18-12(16)10-5-6-14-11(7-10)15-13(17)19-8-9(2)3/h5-7,9H,4,8H2,1-3H3,(H,14,15,17). The molecular weight excluding hydrogens is 248 g/mol. The second-order valence-electron chi connectivity index (χ2n) is 4.27. The maximum atomic E-state index is 11.5. The number of nitrogens with one attached hydrogen (secondary N) is 1. The fourth-order valence-electron chi connectivity index (χ4n) is 1.22. The van der Waals surface area contributed by atoms with Crippen molar-refractivity contribution in [2.45, 2.75) is 20.8 Å². The summed E-state index contributed by atoms with van der Waals surface area (Å²) in [5.74, 6) is 0.0485. The molecule has 0 saturated carbocycles. The molecule has 1 aromatic rings. The van der Waals surface area contributed by atoms with Crippen molar-refractivity contribution >= 4 is 17.9 Å². The summed E-state index contributed by atoms with van der Waals surface area (Å²) in [6, 6.07) is 2.96. The first-order valence-corrected chi connectivity index (χ1v) is 6.10. The Bertz CT molecular complexity index is 446. The zero-order valence-corrected chi connectivity index (χ0v) is 11.3. The number of carbonyl (C=O) groups excluding carboxylic acids is 2. The van der Waals surface area contributed by atoms with Crippen LogP contribution in [0.3, 0.4) is 0 Å². The average molecular weight is 266 g/mol. The molecule has 1 N–H and O–H groups in total. The van der Waals surface area contributed by atoms with Crippen LogP contribution in [0, 0.1) is 5.92 Å². The van der Waals surface area contributed by atoms with Crippen molar-refractivity contribution in [2.24, 2.45) is 5.92 Å². The molecule has 1 heterocycles. The van der Waals surface area contributed by atoms with Crippen molar-refractivity contribution < 1.29 is 19.1 Å². The Hall–Kier alpha value is -2.11. The van der Waals surface area contributed by atoms with E-state index in [1.54, 1.807) is 6.92 Å². The van der Waals surface area contributed by atoms with Crippen LogP contribution in [0.1, 0.15) is 31.1 Å². The van der Waals surface area contributed by atoms with E-state index >= 15 is 0 Å². The first kappa shape index (κ1) is 14.9. The van der Waals surface area contributed by atoms with Gasteiger partial charge in [-0.2, -0.15) is 0 Å². The third-order valence-corrected chi connectivity index (χ3v) is 2.05. The van der Waals surface area contributed by atoms with Crippen LogP contribution in [0.5, 0.6) is 0 Å². The minimum Gasteiger partial charge on any atom is -0.462 e. The van der Waals surface area contributed by atoms with Crippen LogP contribution in [0.15, 0.2) is 18.3 Å². The van der Waals surface area contributed by atoms with E-state index in [0.29, 0.717) is 18.8 Å². The molecule has 0 saturated heterocycles. The molecule has 19 heavy (non-hydrogen) atoms. The molecule has 0 aromatic carbocycles. The van der Waals surface area contributed by atoms with Gasteiger partial charge < -0.3 is 9.47 Å². The number of pyridine rings is 1. The number of hydrogen-bond acceptors (Lipinski definition) is 5. The normalized spacial score (nSPS) is 10.1. The van der Waals surface area contributed by atoms with Gasteiger partial charge in [-0.25, -0.2) is 14.6 Å².